The highest BCUT2D eigenvalue weighted by Crippen LogP contribution is 2.27. The van der Waals surface area contributed by atoms with Gasteiger partial charge in [0.05, 0.1) is 0 Å². The molecule has 23 heavy (non-hydrogen) atoms. The third kappa shape index (κ3) is 3.49. The maximum atomic E-state index is 12.8. The Morgan fingerprint density at radius 3 is 2.83 bits per heavy atom. The van der Waals surface area contributed by atoms with E-state index in [2.05, 4.69) is 19.1 Å². The van der Waals surface area contributed by atoms with Crippen molar-refractivity contribution in [3.63, 3.8) is 0 Å². The van der Waals surface area contributed by atoms with E-state index >= 15 is 0 Å². The molecule has 0 bridgehead atoms. The van der Waals surface area contributed by atoms with Gasteiger partial charge in [-0.25, -0.2) is 0 Å². The number of carbonyl (C=O) groups excluding carboxylic acids is 1. The minimum absolute atomic E-state index is 0.131. The lowest BCUT2D eigenvalue weighted by molar-refractivity contribution is -0.140. The highest BCUT2D eigenvalue weighted by atomic mass is 16.5. The van der Waals surface area contributed by atoms with Gasteiger partial charge in [0.25, 0.3) is 5.91 Å². The Labute approximate surface area is 138 Å². The van der Waals surface area contributed by atoms with E-state index < -0.39 is 6.10 Å². The second kappa shape index (κ2) is 7.03. The van der Waals surface area contributed by atoms with Crippen LogP contribution in [0.15, 0.2) is 42.5 Å². The molecule has 1 aliphatic rings. The second-order valence-electron chi connectivity index (χ2n) is 6.52. The molecule has 0 unspecified atom stereocenters. The Balaban J connectivity index is 1.79. The third-order valence-electron chi connectivity index (χ3n) is 4.63. The average molecular weight is 311 g/mol. The average Bonchev–Trinajstić information content (AvgIpc) is 2.59. The predicted molar refractivity (Wildman–Crippen MR) is 93.6 cm³/mol. The highest BCUT2D eigenvalue weighted by Gasteiger charge is 2.28. The van der Waals surface area contributed by atoms with Gasteiger partial charge in [-0.3, -0.25) is 4.79 Å². The van der Waals surface area contributed by atoms with Crippen molar-refractivity contribution in [1.82, 2.24) is 4.90 Å². The number of ether oxygens (including phenoxy) is 1. The van der Waals surface area contributed by atoms with Crippen LogP contribution in [0.2, 0.25) is 0 Å². The van der Waals surface area contributed by atoms with Crippen LogP contribution in [0, 0.1) is 5.92 Å². The van der Waals surface area contributed by atoms with E-state index in [1.54, 1.807) is 0 Å². The summed E-state index contributed by atoms with van der Waals surface area (Å²) in [7, 11) is 0. The largest absolute Gasteiger partial charge is 0.480 e. The Hall–Kier alpha value is -2.03. The molecule has 0 saturated carbocycles. The second-order valence-corrected chi connectivity index (χ2v) is 6.52. The molecule has 3 nitrogen and oxygen atoms in total. The predicted octanol–water partition coefficient (Wildman–Crippen LogP) is 4.26. The number of hydrogen-bond acceptors (Lipinski definition) is 2. The van der Waals surface area contributed by atoms with Crippen LogP contribution in [0.3, 0.4) is 0 Å². The van der Waals surface area contributed by atoms with Gasteiger partial charge in [0.15, 0.2) is 6.10 Å². The summed E-state index contributed by atoms with van der Waals surface area (Å²) in [6.45, 7) is 5.94. The zero-order chi connectivity index (χ0) is 16.2. The van der Waals surface area contributed by atoms with Gasteiger partial charge < -0.3 is 9.64 Å². The molecule has 1 fully saturated rings. The zero-order valence-corrected chi connectivity index (χ0v) is 14.0. The zero-order valence-electron chi connectivity index (χ0n) is 14.0. The van der Waals surface area contributed by atoms with Gasteiger partial charge in [-0.1, -0.05) is 50.2 Å². The molecule has 122 valence electrons. The first-order chi connectivity index (χ1) is 11.2. The fraction of sp³-hybridized carbons (Fsp3) is 0.450. The number of benzene rings is 2. The summed E-state index contributed by atoms with van der Waals surface area (Å²) in [6, 6.07) is 14.1. The summed E-state index contributed by atoms with van der Waals surface area (Å²) in [6.07, 6.45) is 2.60. The topological polar surface area (TPSA) is 29.5 Å². The maximum absolute atomic E-state index is 12.8. The summed E-state index contributed by atoms with van der Waals surface area (Å²) in [5.41, 5.74) is 0. The van der Waals surface area contributed by atoms with E-state index in [0.717, 1.165) is 36.0 Å². The van der Waals surface area contributed by atoms with Gasteiger partial charge in [-0.05, 0) is 36.6 Å². The van der Waals surface area contributed by atoms with Crippen LogP contribution in [0.5, 0.6) is 5.75 Å². The smallest absolute Gasteiger partial charge is 0.263 e. The van der Waals surface area contributed by atoms with Crippen LogP contribution >= 0.6 is 0 Å². The van der Waals surface area contributed by atoms with Gasteiger partial charge in [0.2, 0.25) is 0 Å². The standard InChI is InChI=1S/C20H25NO2/c1-3-18(20(22)21-13-7-8-15(2)14-21)23-19-12-6-10-16-9-4-5-11-17(16)19/h4-6,9-12,15,18H,3,7-8,13-14H2,1-2H3/t15-,18+/m0/s1. The van der Waals surface area contributed by atoms with Crippen molar-refractivity contribution in [2.75, 3.05) is 13.1 Å². The number of likely N-dealkylation sites (tertiary alicyclic amines) is 1. The molecule has 0 radical (unpaired) electrons. The van der Waals surface area contributed by atoms with E-state index in [1.807, 2.05) is 42.2 Å². The first-order valence-corrected chi connectivity index (χ1v) is 8.62. The number of piperidine rings is 1. The van der Waals surface area contributed by atoms with Crippen LogP contribution in [-0.2, 0) is 4.79 Å². The summed E-state index contributed by atoms with van der Waals surface area (Å²) < 4.78 is 6.14. The lowest BCUT2D eigenvalue weighted by Gasteiger charge is -2.33. The van der Waals surface area contributed by atoms with Crippen molar-refractivity contribution in [1.29, 1.82) is 0 Å². The van der Waals surface area contributed by atoms with Gasteiger partial charge in [0.1, 0.15) is 5.75 Å². The van der Waals surface area contributed by atoms with E-state index in [1.165, 1.54) is 6.42 Å². The van der Waals surface area contributed by atoms with E-state index in [4.69, 9.17) is 4.74 Å². The number of carbonyl (C=O) groups is 1. The van der Waals surface area contributed by atoms with E-state index in [-0.39, 0.29) is 5.91 Å². The van der Waals surface area contributed by atoms with Gasteiger partial charge in [-0.15, -0.1) is 0 Å². The molecule has 1 saturated heterocycles. The molecule has 1 amide bonds. The quantitative estimate of drug-likeness (QED) is 0.844. The fourth-order valence-electron chi connectivity index (χ4n) is 3.35. The van der Waals surface area contributed by atoms with Crippen LogP contribution < -0.4 is 4.74 Å². The van der Waals surface area contributed by atoms with Crippen molar-refractivity contribution in [2.24, 2.45) is 5.92 Å². The number of nitrogens with zero attached hydrogens (tertiary/aromatic N) is 1. The van der Waals surface area contributed by atoms with Gasteiger partial charge in [-0.2, -0.15) is 0 Å². The van der Waals surface area contributed by atoms with Crippen LogP contribution in [0.1, 0.15) is 33.1 Å². The molecule has 3 rings (SSSR count). The van der Waals surface area contributed by atoms with E-state index in [0.29, 0.717) is 12.3 Å². The molecule has 0 N–H and O–H groups in total. The summed E-state index contributed by atoms with van der Waals surface area (Å²) in [5, 5.41) is 2.20. The van der Waals surface area contributed by atoms with Crippen molar-refractivity contribution < 1.29 is 9.53 Å². The molecule has 2 atom stereocenters. The number of rotatable bonds is 4. The van der Waals surface area contributed by atoms with Crippen molar-refractivity contribution in [3.8, 4) is 5.75 Å². The monoisotopic (exact) mass is 311 g/mol. The Morgan fingerprint density at radius 1 is 1.26 bits per heavy atom. The molecule has 0 aliphatic carbocycles. The first kappa shape index (κ1) is 15.9. The molecule has 0 aromatic heterocycles. The van der Waals surface area contributed by atoms with Gasteiger partial charge >= 0.3 is 0 Å². The Morgan fingerprint density at radius 2 is 2.04 bits per heavy atom. The summed E-state index contributed by atoms with van der Waals surface area (Å²) in [4.78, 5) is 14.8. The minimum atomic E-state index is -0.397. The van der Waals surface area contributed by atoms with Crippen molar-refractivity contribution >= 4 is 16.7 Å². The van der Waals surface area contributed by atoms with Crippen LogP contribution in [0.4, 0.5) is 0 Å². The lowest BCUT2D eigenvalue weighted by atomic mass is 9.99. The Bertz CT molecular complexity index is 677. The molecular formula is C20H25NO2. The van der Waals surface area contributed by atoms with Crippen LogP contribution in [0.25, 0.3) is 10.8 Å². The molecule has 1 aliphatic heterocycles. The Kier molecular flexibility index (Phi) is 4.85. The third-order valence-corrected chi connectivity index (χ3v) is 4.63. The SMILES string of the molecule is CC[C@@H](Oc1cccc2ccccc12)C(=O)N1CCC[C@H](C)C1. The highest BCUT2D eigenvalue weighted by molar-refractivity contribution is 5.89. The lowest BCUT2D eigenvalue weighted by Crippen LogP contribution is -2.46. The summed E-state index contributed by atoms with van der Waals surface area (Å²) >= 11 is 0. The molecule has 2 aromatic rings. The van der Waals surface area contributed by atoms with Crippen molar-refractivity contribution in [2.45, 2.75) is 39.2 Å². The molecular weight excluding hydrogens is 286 g/mol. The number of fused-ring (bicyclic) bond motifs is 1. The van der Waals surface area contributed by atoms with E-state index in [9.17, 15) is 4.79 Å². The normalized spacial score (nSPS) is 19.6. The number of amides is 1. The van der Waals surface area contributed by atoms with Gasteiger partial charge in [0, 0.05) is 18.5 Å². The summed E-state index contributed by atoms with van der Waals surface area (Å²) in [5.74, 6) is 1.52. The number of hydrogen-bond donors (Lipinski definition) is 0. The molecule has 3 heteroatoms. The van der Waals surface area contributed by atoms with Crippen molar-refractivity contribution in [3.05, 3.63) is 42.5 Å². The first-order valence-electron chi connectivity index (χ1n) is 8.62. The molecule has 2 aromatic carbocycles. The minimum Gasteiger partial charge on any atom is -0.480 e. The maximum Gasteiger partial charge on any atom is 0.263 e. The molecule has 0 spiro atoms. The molecule has 1 heterocycles. The fourth-order valence-corrected chi connectivity index (χ4v) is 3.35. The van der Waals surface area contributed by atoms with Crippen LogP contribution in [-0.4, -0.2) is 30.0 Å².